The SMILES string of the molecule is CCNCc1c(F)cccc1N1CCC(NC(=O)OC)C1. The number of rotatable bonds is 5. The molecule has 0 saturated carbocycles. The van der Waals surface area contributed by atoms with Crippen LogP contribution in [0.25, 0.3) is 0 Å². The molecule has 0 bridgehead atoms. The van der Waals surface area contributed by atoms with E-state index in [1.54, 1.807) is 6.07 Å². The van der Waals surface area contributed by atoms with Gasteiger partial charge in [-0.25, -0.2) is 9.18 Å². The lowest BCUT2D eigenvalue weighted by atomic mass is 10.1. The molecule has 1 aromatic carbocycles. The third-order valence-corrected chi connectivity index (χ3v) is 3.68. The molecule has 1 unspecified atom stereocenters. The molecule has 1 amide bonds. The number of nitrogens with one attached hydrogen (secondary N) is 2. The minimum absolute atomic E-state index is 0.0349. The number of alkyl carbamates (subject to hydrolysis) is 1. The average molecular weight is 295 g/mol. The molecule has 2 rings (SSSR count). The first-order valence-electron chi connectivity index (χ1n) is 7.23. The number of ether oxygens (including phenoxy) is 1. The molecule has 1 aliphatic rings. The van der Waals surface area contributed by atoms with Crippen molar-refractivity contribution in [2.75, 3.05) is 31.6 Å². The van der Waals surface area contributed by atoms with Crippen LogP contribution in [0.2, 0.25) is 0 Å². The van der Waals surface area contributed by atoms with Crippen molar-refractivity contribution in [1.29, 1.82) is 0 Å². The van der Waals surface area contributed by atoms with Crippen molar-refractivity contribution in [2.24, 2.45) is 0 Å². The maximum Gasteiger partial charge on any atom is 0.407 e. The van der Waals surface area contributed by atoms with Crippen LogP contribution >= 0.6 is 0 Å². The summed E-state index contributed by atoms with van der Waals surface area (Å²) in [4.78, 5) is 13.4. The number of anilines is 1. The maximum atomic E-state index is 14.0. The molecule has 1 aromatic rings. The van der Waals surface area contributed by atoms with Crippen LogP contribution in [-0.2, 0) is 11.3 Å². The number of methoxy groups -OCH3 is 1. The summed E-state index contributed by atoms with van der Waals surface area (Å²) in [5, 5.41) is 5.96. The van der Waals surface area contributed by atoms with Crippen molar-refractivity contribution in [1.82, 2.24) is 10.6 Å². The Morgan fingerprint density at radius 2 is 2.33 bits per heavy atom. The number of benzene rings is 1. The number of hydrogen-bond acceptors (Lipinski definition) is 4. The molecule has 0 radical (unpaired) electrons. The van der Waals surface area contributed by atoms with Gasteiger partial charge in [0.2, 0.25) is 0 Å². The normalized spacial score (nSPS) is 17.9. The van der Waals surface area contributed by atoms with Crippen molar-refractivity contribution in [3.8, 4) is 0 Å². The Hall–Kier alpha value is -1.82. The lowest BCUT2D eigenvalue weighted by molar-refractivity contribution is 0.167. The summed E-state index contributed by atoms with van der Waals surface area (Å²) in [5.41, 5.74) is 1.57. The van der Waals surface area contributed by atoms with E-state index >= 15 is 0 Å². The molecular weight excluding hydrogens is 273 g/mol. The van der Waals surface area contributed by atoms with Crippen molar-refractivity contribution < 1.29 is 13.9 Å². The van der Waals surface area contributed by atoms with Crippen LogP contribution < -0.4 is 15.5 Å². The van der Waals surface area contributed by atoms with Crippen LogP contribution in [0.1, 0.15) is 18.9 Å². The smallest absolute Gasteiger partial charge is 0.407 e. The zero-order chi connectivity index (χ0) is 15.2. The van der Waals surface area contributed by atoms with E-state index in [-0.39, 0.29) is 11.9 Å². The first kappa shape index (κ1) is 15.6. The zero-order valence-electron chi connectivity index (χ0n) is 12.5. The third-order valence-electron chi connectivity index (χ3n) is 3.68. The standard InChI is InChI=1S/C15H22FN3O2/c1-3-17-9-12-13(16)5-4-6-14(12)19-8-7-11(10-19)18-15(20)21-2/h4-6,11,17H,3,7-10H2,1-2H3,(H,18,20). The molecule has 116 valence electrons. The van der Waals surface area contributed by atoms with E-state index in [4.69, 9.17) is 0 Å². The van der Waals surface area contributed by atoms with Crippen LogP contribution in [-0.4, -0.2) is 38.9 Å². The molecule has 0 spiro atoms. The Kier molecular flexibility index (Phi) is 5.38. The number of carbonyl (C=O) groups excluding carboxylic acids is 1. The Labute approximate surface area is 124 Å². The summed E-state index contributed by atoms with van der Waals surface area (Å²) in [6.07, 6.45) is 0.403. The van der Waals surface area contributed by atoms with Crippen LogP contribution in [0.4, 0.5) is 14.9 Å². The van der Waals surface area contributed by atoms with Crippen LogP contribution in [0.5, 0.6) is 0 Å². The van der Waals surface area contributed by atoms with Crippen molar-refractivity contribution >= 4 is 11.8 Å². The molecule has 0 aromatic heterocycles. The second-order valence-electron chi connectivity index (χ2n) is 5.09. The molecule has 0 aliphatic carbocycles. The second-order valence-corrected chi connectivity index (χ2v) is 5.09. The summed E-state index contributed by atoms with van der Waals surface area (Å²) in [6.45, 7) is 4.74. The topological polar surface area (TPSA) is 53.6 Å². The van der Waals surface area contributed by atoms with Crippen molar-refractivity contribution in [3.63, 3.8) is 0 Å². The molecule has 6 heteroatoms. The summed E-state index contributed by atoms with van der Waals surface area (Å²) in [7, 11) is 1.35. The number of amides is 1. The van der Waals surface area contributed by atoms with E-state index in [1.165, 1.54) is 13.2 Å². The van der Waals surface area contributed by atoms with Crippen LogP contribution in [0.15, 0.2) is 18.2 Å². The Bertz CT molecular complexity index is 496. The van der Waals surface area contributed by atoms with E-state index < -0.39 is 6.09 Å². The highest BCUT2D eigenvalue weighted by molar-refractivity contribution is 5.67. The minimum Gasteiger partial charge on any atom is -0.453 e. The van der Waals surface area contributed by atoms with Gasteiger partial charge < -0.3 is 20.3 Å². The first-order chi connectivity index (χ1) is 10.2. The molecule has 1 fully saturated rings. The molecule has 1 saturated heterocycles. The summed E-state index contributed by atoms with van der Waals surface area (Å²) in [6, 6.07) is 5.17. The highest BCUT2D eigenvalue weighted by atomic mass is 19.1. The van der Waals surface area contributed by atoms with E-state index in [0.717, 1.165) is 25.2 Å². The minimum atomic E-state index is -0.422. The van der Waals surface area contributed by atoms with E-state index in [1.807, 2.05) is 13.0 Å². The highest BCUT2D eigenvalue weighted by Gasteiger charge is 2.26. The van der Waals surface area contributed by atoms with Gasteiger partial charge in [0, 0.05) is 30.9 Å². The van der Waals surface area contributed by atoms with Gasteiger partial charge in [-0.05, 0) is 25.1 Å². The van der Waals surface area contributed by atoms with Gasteiger partial charge in [-0.3, -0.25) is 0 Å². The lowest BCUT2D eigenvalue weighted by Gasteiger charge is -2.22. The Morgan fingerprint density at radius 3 is 3.05 bits per heavy atom. The predicted octanol–water partition coefficient (Wildman–Crippen LogP) is 1.87. The number of nitrogens with zero attached hydrogens (tertiary/aromatic N) is 1. The fourth-order valence-corrected chi connectivity index (χ4v) is 2.59. The maximum absolute atomic E-state index is 14.0. The quantitative estimate of drug-likeness (QED) is 0.871. The number of halogens is 1. The molecule has 1 heterocycles. The Morgan fingerprint density at radius 1 is 1.52 bits per heavy atom. The predicted molar refractivity (Wildman–Crippen MR) is 79.9 cm³/mol. The average Bonchev–Trinajstić information content (AvgIpc) is 2.94. The van der Waals surface area contributed by atoms with Gasteiger partial charge in [-0.2, -0.15) is 0 Å². The highest BCUT2D eigenvalue weighted by Crippen LogP contribution is 2.26. The van der Waals surface area contributed by atoms with Gasteiger partial charge in [0.1, 0.15) is 5.82 Å². The van der Waals surface area contributed by atoms with E-state index in [2.05, 4.69) is 20.3 Å². The van der Waals surface area contributed by atoms with Gasteiger partial charge in [0.05, 0.1) is 13.2 Å². The third kappa shape index (κ3) is 3.85. The van der Waals surface area contributed by atoms with Crippen molar-refractivity contribution in [3.05, 3.63) is 29.6 Å². The van der Waals surface area contributed by atoms with Crippen molar-refractivity contribution in [2.45, 2.75) is 25.9 Å². The molecule has 5 nitrogen and oxygen atoms in total. The largest absolute Gasteiger partial charge is 0.453 e. The second kappa shape index (κ2) is 7.26. The fraction of sp³-hybridized carbons (Fsp3) is 0.533. The molecule has 21 heavy (non-hydrogen) atoms. The summed E-state index contributed by atoms with van der Waals surface area (Å²) < 4.78 is 18.6. The van der Waals surface area contributed by atoms with Crippen LogP contribution in [0.3, 0.4) is 0 Å². The zero-order valence-corrected chi connectivity index (χ0v) is 12.5. The molecule has 1 aliphatic heterocycles. The van der Waals surface area contributed by atoms with Gasteiger partial charge in [-0.1, -0.05) is 13.0 Å². The van der Waals surface area contributed by atoms with E-state index in [0.29, 0.717) is 18.7 Å². The molecule has 2 N–H and O–H groups in total. The van der Waals surface area contributed by atoms with Gasteiger partial charge in [-0.15, -0.1) is 0 Å². The van der Waals surface area contributed by atoms with Gasteiger partial charge in [0.25, 0.3) is 0 Å². The van der Waals surface area contributed by atoms with E-state index in [9.17, 15) is 9.18 Å². The summed E-state index contributed by atoms with van der Waals surface area (Å²) >= 11 is 0. The number of hydrogen-bond donors (Lipinski definition) is 2. The Balaban J connectivity index is 2.08. The lowest BCUT2D eigenvalue weighted by Crippen LogP contribution is -2.37. The number of carbonyl (C=O) groups is 1. The first-order valence-corrected chi connectivity index (χ1v) is 7.23. The van der Waals surface area contributed by atoms with Crippen LogP contribution in [0, 0.1) is 5.82 Å². The molecule has 1 atom stereocenters. The van der Waals surface area contributed by atoms with Gasteiger partial charge in [0.15, 0.2) is 0 Å². The molecular formula is C15H22FN3O2. The monoisotopic (exact) mass is 295 g/mol. The fourth-order valence-electron chi connectivity index (χ4n) is 2.59. The summed E-state index contributed by atoms with van der Waals surface area (Å²) in [5.74, 6) is -0.196. The van der Waals surface area contributed by atoms with Gasteiger partial charge >= 0.3 is 6.09 Å².